The van der Waals surface area contributed by atoms with E-state index < -0.39 is 0 Å². The van der Waals surface area contributed by atoms with Crippen molar-refractivity contribution in [3.63, 3.8) is 0 Å². The Labute approximate surface area is 104 Å². The van der Waals surface area contributed by atoms with E-state index in [-0.39, 0.29) is 11.0 Å². The van der Waals surface area contributed by atoms with Crippen LogP contribution in [0.5, 0.6) is 5.75 Å². The number of nitrogens with zero attached hydrogens (tertiary/aromatic N) is 2. The van der Waals surface area contributed by atoms with Crippen LogP contribution in [0.25, 0.3) is 11.4 Å². The standard InChI is InChI=1S/C12H11ClN2O2/c1-12(2)6-7-4-3-5-8(9(7)16-12)10-14-11(13)17-15-10/h3-5H,6H2,1-2H3. The highest BCUT2D eigenvalue weighted by molar-refractivity contribution is 6.27. The molecule has 4 nitrogen and oxygen atoms in total. The van der Waals surface area contributed by atoms with E-state index >= 15 is 0 Å². The average molecular weight is 251 g/mol. The molecule has 0 unspecified atom stereocenters. The second-order valence-corrected chi connectivity index (χ2v) is 5.03. The van der Waals surface area contributed by atoms with Crippen molar-refractivity contribution < 1.29 is 9.26 Å². The van der Waals surface area contributed by atoms with Gasteiger partial charge in [0.2, 0.25) is 5.82 Å². The van der Waals surface area contributed by atoms with E-state index in [0.29, 0.717) is 5.82 Å². The Hall–Kier alpha value is -1.55. The second kappa shape index (κ2) is 3.47. The minimum Gasteiger partial charge on any atom is -0.486 e. The monoisotopic (exact) mass is 250 g/mol. The molecule has 0 aliphatic carbocycles. The summed E-state index contributed by atoms with van der Waals surface area (Å²) >= 11 is 5.64. The molecule has 1 aliphatic rings. The molecule has 2 aromatic rings. The molecule has 0 amide bonds. The summed E-state index contributed by atoms with van der Waals surface area (Å²) in [5, 5.41) is 3.85. The van der Waals surface area contributed by atoms with Gasteiger partial charge in [0, 0.05) is 6.42 Å². The fourth-order valence-electron chi connectivity index (χ4n) is 2.11. The zero-order valence-electron chi connectivity index (χ0n) is 9.53. The van der Waals surface area contributed by atoms with Crippen molar-refractivity contribution in [1.82, 2.24) is 10.1 Å². The molecule has 17 heavy (non-hydrogen) atoms. The normalized spacial score (nSPS) is 16.6. The molecule has 0 saturated heterocycles. The van der Waals surface area contributed by atoms with E-state index in [9.17, 15) is 0 Å². The highest BCUT2D eigenvalue weighted by Gasteiger charge is 2.32. The number of para-hydroxylation sites is 1. The van der Waals surface area contributed by atoms with Gasteiger partial charge in [0.25, 0.3) is 0 Å². The Kier molecular flexibility index (Phi) is 2.16. The molecule has 0 bridgehead atoms. The van der Waals surface area contributed by atoms with Crippen molar-refractivity contribution >= 4 is 11.6 Å². The Morgan fingerprint density at radius 1 is 1.35 bits per heavy atom. The van der Waals surface area contributed by atoms with Crippen LogP contribution < -0.4 is 4.74 Å². The highest BCUT2D eigenvalue weighted by atomic mass is 35.5. The fraction of sp³-hybridized carbons (Fsp3) is 0.333. The Morgan fingerprint density at radius 3 is 2.88 bits per heavy atom. The maximum atomic E-state index is 5.92. The van der Waals surface area contributed by atoms with E-state index in [2.05, 4.69) is 30.1 Å². The topological polar surface area (TPSA) is 48.2 Å². The molecule has 1 aromatic heterocycles. The summed E-state index contributed by atoms with van der Waals surface area (Å²) < 4.78 is 10.7. The molecule has 0 N–H and O–H groups in total. The third-order valence-electron chi connectivity index (χ3n) is 2.73. The molecule has 1 aromatic carbocycles. The lowest BCUT2D eigenvalue weighted by Crippen LogP contribution is -2.24. The lowest BCUT2D eigenvalue weighted by atomic mass is 10.0. The predicted octanol–water partition coefficient (Wildman–Crippen LogP) is 3.10. The minimum atomic E-state index is -0.189. The number of rotatable bonds is 1. The molecule has 0 spiro atoms. The number of hydrogen-bond donors (Lipinski definition) is 0. The van der Waals surface area contributed by atoms with Gasteiger partial charge in [-0.1, -0.05) is 17.3 Å². The first-order valence-corrected chi connectivity index (χ1v) is 5.73. The summed E-state index contributed by atoms with van der Waals surface area (Å²) in [7, 11) is 0. The fourth-order valence-corrected chi connectivity index (χ4v) is 2.22. The summed E-state index contributed by atoms with van der Waals surface area (Å²) in [6.07, 6.45) is 0.877. The van der Waals surface area contributed by atoms with E-state index in [1.54, 1.807) is 0 Å². The molecule has 0 radical (unpaired) electrons. The molecule has 0 fully saturated rings. The summed E-state index contributed by atoms with van der Waals surface area (Å²) in [6, 6.07) is 5.92. The van der Waals surface area contributed by atoms with Gasteiger partial charge in [-0.15, -0.1) is 0 Å². The maximum absolute atomic E-state index is 5.92. The van der Waals surface area contributed by atoms with Crippen LogP contribution in [0.1, 0.15) is 19.4 Å². The number of halogens is 1. The van der Waals surface area contributed by atoms with Crippen LogP contribution in [0, 0.1) is 0 Å². The van der Waals surface area contributed by atoms with Crippen LogP contribution in [0.2, 0.25) is 5.35 Å². The van der Waals surface area contributed by atoms with Gasteiger partial charge in [-0.3, -0.25) is 0 Å². The lowest BCUT2D eigenvalue weighted by molar-refractivity contribution is 0.139. The largest absolute Gasteiger partial charge is 0.486 e. The van der Waals surface area contributed by atoms with E-state index in [0.717, 1.165) is 23.3 Å². The summed E-state index contributed by atoms with van der Waals surface area (Å²) in [5.74, 6) is 1.29. The third kappa shape index (κ3) is 1.78. The first-order chi connectivity index (χ1) is 8.05. The molecule has 88 valence electrons. The van der Waals surface area contributed by atoms with Gasteiger partial charge in [-0.05, 0) is 37.1 Å². The van der Waals surface area contributed by atoms with Gasteiger partial charge >= 0.3 is 5.35 Å². The van der Waals surface area contributed by atoms with Gasteiger partial charge in [-0.25, -0.2) is 0 Å². The average Bonchev–Trinajstić information content (AvgIpc) is 2.78. The molecule has 3 rings (SSSR count). The third-order valence-corrected chi connectivity index (χ3v) is 2.89. The van der Waals surface area contributed by atoms with Crippen molar-refractivity contribution in [2.75, 3.05) is 0 Å². The zero-order valence-corrected chi connectivity index (χ0v) is 10.3. The summed E-state index contributed by atoms with van der Waals surface area (Å²) in [6.45, 7) is 4.11. The minimum absolute atomic E-state index is 0.0369. The van der Waals surface area contributed by atoms with Crippen LogP contribution >= 0.6 is 11.6 Å². The number of fused-ring (bicyclic) bond motifs is 1. The van der Waals surface area contributed by atoms with Crippen LogP contribution in [-0.2, 0) is 6.42 Å². The van der Waals surface area contributed by atoms with Crippen LogP contribution in [0.15, 0.2) is 22.7 Å². The predicted molar refractivity (Wildman–Crippen MR) is 63.2 cm³/mol. The number of hydrogen-bond acceptors (Lipinski definition) is 4. The van der Waals surface area contributed by atoms with Gasteiger partial charge in [0.1, 0.15) is 11.4 Å². The Morgan fingerprint density at radius 2 is 2.18 bits per heavy atom. The first kappa shape index (κ1) is 10.6. The van der Waals surface area contributed by atoms with E-state index in [4.69, 9.17) is 20.9 Å². The summed E-state index contributed by atoms with van der Waals surface area (Å²) in [4.78, 5) is 4.01. The molecule has 1 aliphatic heterocycles. The van der Waals surface area contributed by atoms with Crippen LogP contribution in [-0.4, -0.2) is 15.7 Å². The quantitative estimate of drug-likeness (QED) is 0.780. The van der Waals surface area contributed by atoms with Crippen molar-refractivity contribution in [2.24, 2.45) is 0 Å². The molecular formula is C12H11ClN2O2. The van der Waals surface area contributed by atoms with Gasteiger partial charge in [0.05, 0.1) is 5.56 Å². The number of ether oxygens (including phenoxy) is 1. The Bertz CT molecular complexity index is 578. The maximum Gasteiger partial charge on any atom is 0.320 e. The van der Waals surface area contributed by atoms with Crippen molar-refractivity contribution in [3.05, 3.63) is 29.1 Å². The van der Waals surface area contributed by atoms with Crippen molar-refractivity contribution in [1.29, 1.82) is 0 Å². The lowest BCUT2D eigenvalue weighted by Gasteiger charge is -2.17. The summed E-state index contributed by atoms with van der Waals surface area (Å²) in [5.41, 5.74) is 1.79. The van der Waals surface area contributed by atoms with E-state index in [1.165, 1.54) is 0 Å². The van der Waals surface area contributed by atoms with Gasteiger partial charge in [-0.2, -0.15) is 4.98 Å². The van der Waals surface area contributed by atoms with Crippen molar-refractivity contribution in [2.45, 2.75) is 25.9 Å². The molecule has 0 saturated carbocycles. The van der Waals surface area contributed by atoms with Crippen LogP contribution in [0.4, 0.5) is 0 Å². The van der Waals surface area contributed by atoms with Crippen LogP contribution in [0.3, 0.4) is 0 Å². The highest BCUT2D eigenvalue weighted by Crippen LogP contribution is 2.41. The van der Waals surface area contributed by atoms with Gasteiger partial charge < -0.3 is 9.26 Å². The second-order valence-electron chi connectivity index (χ2n) is 4.70. The molecular weight excluding hydrogens is 240 g/mol. The first-order valence-electron chi connectivity index (χ1n) is 5.36. The SMILES string of the molecule is CC1(C)Cc2cccc(-c3noc(Cl)n3)c2O1. The smallest absolute Gasteiger partial charge is 0.320 e. The number of benzene rings is 1. The molecule has 0 atom stereocenters. The van der Waals surface area contributed by atoms with Crippen molar-refractivity contribution in [3.8, 4) is 17.1 Å². The molecule has 2 heterocycles. The molecule has 5 heteroatoms. The number of aromatic nitrogens is 2. The van der Waals surface area contributed by atoms with Gasteiger partial charge in [0.15, 0.2) is 0 Å². The van der Waals surface area contributed by atoms with E-state index in [1.807, 2.05) is 12.1 Å². The Balaban J connectivity index is 2.12. The zero-order chi connectivity index (χ0) is 12.0.